The smallest absolute Gasteiger partial charge is 0.126 e. The minimum Gasteiger partial charge on any atom is -0.393 e. The van der Waals surface area contributed by atoms with Gasteiger partial charge < -0.3 is 9.84 Å². The Morgan fingerprint density at radius 1 is 1.55 bits per heavy atom. The van der Waals surface area contributed by atoms with Crippen LogP contribution in [0.5, 0.6) is 0 Å². The van der Waals surface area contributed by atoms with Gasteiger partial charge in [-0.15, -0.1) is 0 Å². The summed E-state index contributed by atoms with van der Waals surface area (Å²) in [5, 5.41) is 8.43. The SMILES string of the molecule is OC[C@@H](F)C[C@H]1CCCCO1. The number of aliphatic hydroxyl groups excluding tert-OH is 1. The third kappa shape index (κ3) is 3.16. The Morgan fingerprint density at radius 2 is 2.36 bits per heavy atom. The van der Waals surface area contributed by atoms with Gasteiger partial charge in [0, 0.05) is 13.0 Å². The molecule has 0 bridgehead atoms. The highest BCUT2D eigenvalue weighted by Crippen LogP contribution is 2.17. The molecular weight excluding hydrogens is 147 g/mol. The summed E-state index contributed by atoms with van der Waals surface area (Å²) >= 11 is 0. The fraction of sp³-hybridized carbons (Fsp3) is 1.00. The lowest BCUT2D eigenvalue weighted by Gasteiger charge is -2.23. The van der Waals surface area contributed by atoms with E-state index in [-0.39, 0.29) is 12.7 Å². The first kappa shape index (κ1) is 8.94. The normalized spacial score (nSPS) is 28.4. The number of ether oxygens (including phenoxy) is 1. The van der Waals surface area contributed by atoms with Crippen LogP contribution in [0, 0.1) is 0 Å². The Bertz CT molecular complexity index is 102. The van der Waals surface area contributed by atoms with Gasteiger partial charge in [-0.1, -0.05) is 0 Å². The highest BCUT2D eigenvalue weighted by molar-refractivity contribution is 4.67. The Kier molecular flexibility index (Phi) is 3.80. The lowest BCUT2D eigenvalue weighted by atomic mass is 10.0. The highest BCUT2D eigenvalue weighted by Gasteiger charge is 2.18. The van der Waals surface area contributed by atoms with Gasteiger partial charge in [-0.3, -0.25) is 0 Å². The first-order chi connectivity index (χ1) is 5.33. The first-order valence-corrected chi connectivity index (χ1v) is 4.19. The number of hydrogen-bond donors (Lipinski definition) is 1. The summed E-state index contributed by atoms with van der Waals surface area (Å²) in [6, 6.07) is 0. The molecule has 2 nitrogen and oxygen atoms in total. The van der Waals surface area contributed by atoms with Crippen LogP contribution in [0.2, 0.25) is 0 Å². The molecule has 2 atom stereocenters. The highest BCUT2D eigenvalue weighted by atomic mass is 19.1. The predicted molar refractivity (Wildman–Crippen MR) is 40.2 cm³/mol. The second-order valence-corrected chi connectivity index (χ2v) is 3.00. The fourth-order valence-electron chi connectivity index (χ4n) is 1.35. The van der Waals surface area contributed by atoms with E-state index in [1.165, 1.54) is 0 Å². The van der Waals surface area contributed by atoms with Gasteiger partial charge in [0.2, 0.25) is 0 Å². The molecule has 1 rings (SSSR count). The van der Waals surface area contributed by atoms with Gasteiger partial charge in [-0.25, -0.2) is 4.39 Å². The molecule has 0 radical (unpaired) electrons. The van der Waals surface area contributed by atoms with Crippen molar-refractivity contribution in [3.05, 3.63) is 0 Å². The molecule has 0 aromatic carbocycles. The van der Waals surface area contributed by atoms with E-state index < -0.39 is 6.17 Å². The van der Waals surface area contributed by atoms with Gasteiger partial charge in [-0.05, 0) is 19.3 Å². The molecule has 0 aromatic rings. The molecule has 0 unspecified atom stereocenters. The molecule has 0 amide bonds. The van der Waals surface area contributed by atoms with Crippen molar-refractivity contribution < 1.29 is 14.2 Å². The second kappa shape index (κ2) is 4.67. The topological polar surface area (TPSA) is 29.5 Å². The zero-order valence-corrected chi connectivity index (χ0v) is 6.63. The zero-order chi connectivity index (χ0) is 8.10. The van der Waals surface area contributed by atoms with Crippen LogP contribution < -0.4 is 0 Å². The van der Waals surface area contributed by atoms with Gasteiger partial charge in [0.05, 0.1) is 12.7 Å². The third-order valence-corrected chi connectivity index (χ3v) is 1.99. The fourth-order valence-corrected chi connectivity index (χ4v) is 1.35. The molecule has 1 N–H and O–H groups in total. The summed E-state index contributed by atoms with van der Waals surface area (Å²) in [6.45, 7) is 0.378. The molecule has 1 aliphatic heterocycles. The molecule has 66 valence electrons. The Balaban J connectivity index is 2.13. The molecule has 1 saturated heterocycles. The van der Waals surface area contributed by atoms with Crippen LogP contribution in [0.15, 0.2) is 0 Å². The Morgan fingerprint density at radius 3 is 2.91 bits per heavy atom. The summed E-state index contributed by atoms with van der Waals surface area (Å²) in [5.74, 6) is 0. The van der Waals surface area contributed by atoms with Gasteiger partial charge in [0.15, 0.2) is 0 Å². The van der Waals surface area contributed by atoms with Crippen LogP contribution in [0.25, 0.3) is 0 Å². The average molecular weight is 162 g/mol. The van der Waals surface area contributed by atoms with E-state index in [1.54, 1.807) is 0 Å². The first-order valence-electron chi connectivity index (χ1n) is 4.19. The molecule has 1 aliphatic rings. The van der Waals surface area contributed by atoms with Crippen LogP contribution in [0.1, 0.15) is 25.7 Å². The van der Waals surface area contributed by atoms with Crippen molar-refractivity contribution in [1.29, 1.82) is 0 Å². The maximum atomic E-state index is 12.6. The molecule has 0 saturated carbocycles. The summed E-state index contributed by atoms with van der Waals surface area (Å²) in [7, 11) is 0. The van der Waals surface area contributed by atoms with Crippen LogP contribution in [0.3, 0.4) is 0 Å². The zero-order valence-electron chi connectivity index (χ0n) is 6.63. The average Bonchev–Trinajstić information content (AvgIpc) is 2.06. The van der Waals surface area contributed by atoms with E-state index in [2.05, 4.69) is 0 Å². The van der Waals surface area contributed by atoms with E-state index in [0.717, 1.165) is 25.9 Å². The van der Waals surface area contributed by atoms with Crippen molar-refractivity contribution in [2.75, 3.05) is 13.2 Å². The quantitative estimate of drug-likeness (QED) is 0.677. The summed E-state index contributed by atoms with van der Waals surface area (Å²) in [4.78, 5) is 0. The van der Waals surface area contributed by atoms with Crippen molar-refractivity contribution in [3.8, 4) is 0 Å². The molecular formula is C8H15FO2. The molecule has 0 spiro atoms. The molecule has 1 fully saturated rings. The van der Waals surface area contributed by atoms with Crippen LogP contribution in [-0.2, 0) is 4.74 Å². The van der Waals surface area contributed by atoms with E-state index >= 15 is 0 Å². The molecule has 0 aromatic heterocycles. The standard InChI is InChI=1S/C8H15FO2/c9-7(6-10)5-8-3-1-2-4-11-8/h7-8,10H,1-6H2/t7-,8+/m0/s1. The Labute approximate surface area is 66.4 Å². The van der Waals surface area contributed by atoms with E-state index in [4.69, 9.17) is 9.84 Å². The number of halogens is 1. The third-order valence-electron chi connectivity index (χ3n) is 1.99. The van der Waals surface area contributed by atoms with Crippen LogP contribution >= 0.6 is 0 Å². The minimum absolute atomic E-state index is 0.0471. The van der Waals surface area contributed by atoms with Crippen LogP contribution in [-0.4, -0.2) is 30.6 Å². The van der Waals surface area contributed by atoms with Crippen molar-refractivity contribution >= 4 is 0 Å². The maximum Gasteiger partial charge on any atom is 0.126 e. The molecule has 1 heterocycles. The number of rotatable bonds is 3. The van der Waals surface area contributed by atoms with Crippen molar-refractivity contribution in [3.63, 3.8) is 0 Å². The van der Waals surface area contributed by atoms with E-state index in [0.29, 0.717) is 6.42 Å². The predicted octanol–water partition coefficient (Wildman–Crippen LogP) is 1.28. The lowest BCUT2D eigenvalue weighted by molar-refractivity contribution is -0.00889. The Hall–Kier alpha value is -0.150. The molecule has 3 heteroatoms. The van der Waals surface area contributed by atoms with Crippen molar-refractivity contribution in [2.24, 2.45) is 0 Å². The maximum absolute atomic E-state index is 12.6. The summed E-state index contributed by atoms with van der Waals surface area (Å²) in [5.41, 5.74) is 0. The number of aliphatic hydroxyl groups is 1. The summed E-state index contributed by atoms with van der Waals surface area (Å²) in [6.07, 6.45) is 2.47. The van der Waals surface area contributed by atoms with Gasteiger partial charge in [-0.2, -0.15) is 0 Å². The molecule has 0 aliphatic carbocycles. The molecule has 11 heavy (non-hydrogen) atoms. The van der Waals surface area contributed by atoms with Gasteiger partial charge >= 0.3 is 0 Å². The van der Waals surface area contributed by atoms with Crippen molar-refractivity contribution in [1.82, 2.24) is 0 Å². The van der Waals surface area contributed by atoms with Gasteiger partial charge in [0.1, 0.15) is 6.17 Å². The summed E-state index contributed by atoms with van der Waals surface area (Å²) < 4.78 is 17.9. The number of alkyl halides is 1. The van der Waals surface area contributed by atoms with Gasteiger partial charge in [0.25, 0.3) is 0 Å². The minimum atomic E-state index is -1.10. The second-order valence-electron chi connectivity index (χ2n) is 3.00. The largest absolute Gasteiger partial charge is 0.393 e. The van der Waals surface area contributed by atoms with Crippen LogP contribution in [0.4, 0.5) is 4.39 Å². The lowest BCUT2D eigenvalue weighted by Crippen LogP contribution is -2.24. The van der Waals surface area contributed by atoms with E-state index in [9.17, 15) is 4.39 Å². The van der Waals surface area contributed by atoms with Crippen molar-refractivity contribution in [2.45, 2.75) is 38.0 Å². The monoisotopic (exact) mass is 162 g/mol. The van der Waals surface area contributed by atoms with E-state index in [1.807, 2.05) is 0 Å². The number of hydrogen-bond acceptors (Lipinski definition) is 2.